The van der Waals surface area contributed by atoms with Gasteiger partial charge < -0.3 is 14.2 Å². The fraction of sp³-hybridized carbons (Fsp3) is 0.571. The summed E-state index contributed by atoms with van der Waals surface area (Å²) in [6, 6.07) is 5.72. The molecule has 1 fully saturated rings. The maximum Gasteiger partial charge on any atom is 0.123 e. The Morgan fingerprint density at radius 3 is 2.84 bits per heavy atom. The molecule has 2 rings (SSSR count). The number of ether oxygens (including phenoxy) is 3. The zero-order valence-electron chi connectivity index (χ0n) is 11.5. The smallest absolute Gasteiger partial charge is 0.123 e. The highest BCUT2D eigenvalue weighted by molar-refractivity contribution is 5.42. The highest BCUT2D eigenvalue weighted by Gasteiger charge is 2.23. The number of nitrogens with two attached hydrogens (primary N) is 1. The molecule has 0 bridgehead atoms. The van der Waals surface area contributed by atoms with Gasteiger partial charge in [0.1, 0.15) is 11.5 Å². The summed E-state index contributed by atoms with van der Waals surface area (Å²) in [4.78, 5) is 0. The molecule has 1 aromatic carbocycles. The van der Waals surface area contributed by atoms with Gasteiger partial charge in [-0.25, -0.2) is 0 Å². The second kappa shape index (κ2) is 6.75. The van der Waals surface area contributed by atoms with Gasteiger partial charge in [-0.1, -0.05) is 0 Å². The van der Waals surface area contributed by atoms with E-state index >= 15 is 0 Å². The van der Waals surface area contributed by atoms with Crippen molar-refractivity contribution in [3.05, 3.63) is 23.8 Å². The van der Waals surface area contributed by atoms with E-state index in [-0.39, 0.29) is 12.1 Å². The van der Waals surface area contributed by atoms with E-state index < -0.39 is 0 Å². The summed E-state index contributed by atoms with van der Waals surface area (Å²) >= 11 is 0. The lowest BCUT2D eigenvalue weighted by atomic mass is 9.98. The standard InChI is InChI=1S/C14H22N2O3/c1-17-10-5-6-14(18-2)12(8-10)13(16-15)9-11-4-3-7-19-11/h5-6,8,11,13,16H,3-4,7,9,15H2,1-2H3. The van der Waals surface area contributed by atoms with Gasteiger partial charge in [-0.05, 0) is 37.5 Å². The minimum atomic E-state index is -0.00634. The minimum absolute atomic E-state index is 0.00634. The van der Waals surface area contributed by atoms with Gasteiger partial charge in [-0.15, -0.1) is 0 Å². The largest absolute Gasteiger partial charge is 0.497 e. The first-order valence-electron chi connectivity index (χ1n) is 6.58. The number of nitrogens with one attached hydrogen (secondary N) is 1. The van der Waals surface area contributed by atoms with E-state index in [4.69, 9.17) is 20.1 Å². The van der Waals surface area contributed by atoms with Gasteiger partial charge in [0.15, 0.2) is 0 Å². The predicted octanol–water partition coefficient (Wildman–Crippen LogP) is 1.78. The Bertz CT molecular complexity index is 406. The van der Waals surface area contributed by atoms with Crippen LogP contribution >= 0.6 is 0 Å². The van der Waals surface area contributed by atoms with Crippen molar-refractivity contribution in [2.45, 2.75) is 31.4 Å². The summed E-state index contributed by atoms with van der Waals surface area (Å²) in [5.74, 6) is 7.30. The SMILES string of the molecule is COc1ccc(OC)c(C(CC2CCCO2)NN)c1. The quantitative estimate of drug-likeness (QED) is 0.607. The number of methoxy groups -OCH3 is 2. The molecule has 1 aliphatic heterocycles. The number of rotatable bonds is 6. The van der Waals surface area contributed by atoms with Crippen LogP contribution in [0, 0.1) is 0 Å². The van der Waals surface area contributed by atoms with Crippen LogP contribution in [0.4, 0.5) is 0 Å². The first-order valence-corrected chi connectivity index (χ1v) is 6.58. The molecule has 2 atom stereocenters. The van der Waals surface area contributed by atoms with Crippen molar-refractivity contribution in [1.82, 2.24) is 5.43 Å². The van der Waals surface area contributed by atoms with Crippen LogP contribution in [0.3, 0.4) is 0 Å². The molecule has 0 aliphatic carbocycles. The molecule has 0 radical (unpaired) electrons. The van der Waals surface area contributed by atoms with Gasteiger partial charge in [-0.2, -0.15) is 0 Å². The fourth-order valence-electron chi connectivity index (χ4n) is 2.49. The lowest BCUT2D eigenvalue weighted by Crippen LogP contribution is -2.31. The topological polar surface area (TPSA) is 65.7 Å². The van der Waals surface area contributed by atoms with Crippen LogP contribution < -0.4 is 20.7 Å². The van der Waals surface area contributed by atoms with Crippen LogP contribution in [0.25, 0.3) is 0 Å². The van der Waals surface area contributed by atoms with Crippen molar-refractivity contribution in [3.8, 4) is 11.5 Å². The molecular formula is C14H22N2O3. The van der Waals surface area contributed by atoms with Crippen LogP contribution in [0.2, 0.25) is 0 Å². The van der Waals surface area contributed by atoms with E-state index in [1.54, 1.807) is 14.2 Å². The van der Waals surface area contributed by atoms with Gasteiger partial charge in [0.25, 0.3) is 0 Å². The van der Waals surface area contributed by atoms with Gasteiger partial charge in [-0.3, -0.25) is 11.3 Å². The van der Waals surface area contributed by atoms with Crippen molar-refractivity contribution in [2.24, 2.45) is 5.84 Å². The molecule has 0 saturated carbocycles. The number of hydrazine groups is 1. The van der Waals surface area contributed by atoms with Crippen LogP contribution in [0.1, 0.15) is 30.9 Å². The summed E-state index contributed by atoms with van der Waals surface area (Å²) < 4.78 is 16.3. The molecule has 1 aliphatic rings. The van der Waals surface area contributed by atoms with Crippen LogP contribution in [-0.4, -0.2) is 26.9 Å². The zero-order valence-corrected chi connectivity index (χ0v) is 11.5. The number of hydrogen-bond acceptors (Lipinski definition) is 5. The second-order valence-electron chi connectivity index (χ2n) is 4.70. The third-order valence-corrected chi connectivity index (χ3v) is 3.54. The van der Waals surface area contributed by atoms with E-state index in [2.05, 4.69) is 5.43 Å². The molecule has 1 saturated heterocycles. The van der Waals surface area contributed by atoms with Crippen LogP contribution in [0.5, 0.6) is 11.5 Å². The van der Waals surface area contributed by atoms with E-state index in [0.717, 1.165) is 42.9 Å². The van der Waals surface area contributed by atoms with Gasteiger partial charge in [0.05, 0.1) is 26.4 Å². The Morgan fingerprint density at radius 2 is 2.26 bits per heavy atom. The molecule has 106 valence electrons. The Balaban J connectivity index is 2.19. The lowest BCUT2D eigenvalue weighted by Gasteiger charge is -2.22. The van der Waals surface area contributed by atoms with Crippen molar-refractivity contribution in [3.63, 3.8) is 0 Å². The number of benzene rings is 1. The van der Waals surface area contributed by atoms with Crippen molar-refractivity contribution in [1.29, 1.82) is 0 Å². The fourth-order valence-corrected chi connectivity index (χ4v) is 2.49. The average molecular weight is 266 g/mol. The molecule has 0 aromatic heterocycles. The van der Waals surface area contributed by atoms with Crippen LogP contribution in [0.15, 0.2) is 18.2 Å². The lowest BCUT2D eigenvalue weighted by molar-refractivity contribution is 0.0943. The molecule has 1 heterocycles. The maximum absolute atomic E-state index is 5.70. The summed E-state index contributed by atoms with van der Waals surface area (Å²) in [7, 11) is 3.31. The normalized spacial score (nSPS) is 20.3. The highest BCUT2D eigenvalue weighted by Crippen LogP contribution is 2.33. The average Bonchev–Trinajstić information content (AvgIpc) is 2.97. The molecule has 5 nitrogen and oxygen atoms in total. The molecule has 2 unspecified atom stereocenters. The predicted molar refractivity (Wildman–Crippen MR) is 73.2 cm³/mol. The monoisotopic (exact) mass is 266 g/mol. The Kier molecular flexibility index (Phi) is 5.01. The molecule has 3 N–H and O–H groups in total. The van der Waals surface area contributed by atoms with Crippen molar-refractivity contribution >= 4 is 0 Å². The molecule has 1 aromatic rings. The molecule has 19 heavy (non-hydrogen) atoms. The second-order valence-corrected chi connectivity index (χ2v) is 4.70. The first-order chi connectivity index (χ1) is 9.28. The van der Waals surface area contributed by atoms with Crippen LogP contribution in [-0.2, 0) is 4.74 Å². The first kappa shape index (κ1) is 14.1. The molecule has 0 amide bonds. The highest BCUT2D eigenvalue weighted by atomic mass is 16.5. The summed E-state index contributed by atoms with van der Waals surface area (Å²) in [5, 5.41) is 0. The van der Waals surface area contributed by atoms with E-state index in [0.29, 0.717) is 0 Å². The summed E-state index contributed by atoms with van der Waals surface area (Å²) in [6.45, 7) is 0.844. The third-order valence-electron chi connectivity index (χ3n) is 3.54. The van der Waals surface area contributed by atoms with Gasteiger partial charge in [0, 0.05) is 12.2 Å². The Hall–Kier alpha value is -1.30. The van der Waals surface area contributed by atoms with E-state index in [9.17, 15) is 0 Å². The van der Waals surface area contributed by atoms with Gasteiger partial charge in [0.2, 0.25) is 0 Å². The maximum atomic E-state index is 5.70. The van der Waals surface area contributed by atoms with Crippen molar-refractivity contribution in [2.75, 3.05) is 20.8 Å². The Labute approximate surface area is 114 Å². The number of hydrogen-bond donors (Lipinski definition) is 2. The molecule has 5 heteroatoms. The molecule has 0 spiro atoms. The van der Waals surface area contributed by atoms with Crippen molar-refractivity contribution < 1.29 is 14.2 Å². The third kappa shape index (κ3) is 3.37. The zero-order chi connectivity index (χ0) is 13.7. The minimum Gasteiger partial charge on any atom is -0.497 e. The van der Waals surface area contributed by atoms with E-state index in [1.165, 1.54) is 0 Å². The molecular weight excluding hydrogens is 244 g/mol. The van der Waals surface area contributed by atoms with E-state index in [1.807, 2.05) is 18.2 Å². The Morgan fingerprint density at radius 1 is 1.42 bits per heavy atom. The summed E-state index contributed by atoms with van der Waals surface area (Å²) in [6.07, 6.45) is 3.30. The van der Waals surface area contributed by atoms with Gasteiger partial charge >= 0.3 is 0 Å². The summed E-state index contributed by atoms with van der Waals surface area (Å²) in [5.41, 5.74) is 3.86.